The van der Waals surface area contributed by atoms with Crippen LogP contribution in [0.15, 0.2) is 54.6 Å². The average molecular weight is 520 g/mol. The molecular weight excluding hydrogens is 490 g/mol. The lowest BCUT2D eigenvalue weighted by Crippen LogP contribution is -2.37. The Morgan fingerprint density at radius 1 is 1.08 bits per heavy atom. The minimum Gasteiger partial charge on any atom is -0.352 e. The molecule has 1 atom stereocenters. The highest BCUT2D eigenvalue weighted by Gasteiger charge is 2.31. The number of likely N-dealkylation sites (tertiary alicyclic amines) is 1. The van der Waals surface area contributed by atoms with Gasteiger partial charge in [0.15, 0.2) is 0 Å². The van der Waals surface area contributed by atoms with Gasteiger partial charge in [-0.1, -0.05) is 17.7 Å². The van der Waals surface area contributed by atoms with Crippen molar-refractivity contribution in [2.24, 2.45) is 5.92 Å². The van der Waals surface area contributed by atoms with Crippen molar-refractivity contribution in [3.8, 4) is 0 Å². The Kier molecular flexibility index (Phi) is 7.39. The molecule has 2 saturated heterocycles. The fourth-order valence-electron chi connectivity index (χ4n) is 4.98. The van der Waals surface area contributed by atoms with Gasteiger partial charge in [0.2, 0.25) is 11.8 Å². The summed E-state index contributed by atoms with van der Waals surface area (Å²) in [5.41, 5.74) is 2.76. The molecule has 3 aromatic rings. The number of hydrogen-bond acceptors (Lipinski definition) is 5. The number of nitrogens with one attached hydrogen (secondary N) is 1. The predicted octanol–water partition coefficient (Wildman–Crippen LogP) is 3.73. The third-order valence-electron chi connectivity index (χ3n) is 7.16. The van der Waals surface area contributed by atoms with E-state index >= 15 is 0 Å². The number of fused-ring (bicyclic) bond motifs is 1. The second-order valence-corrected chi connectivity index (χ2v) is 10.2. The summed E-state index contributed by atoms with van der Waals surface area (Å²) >= 11 is 5.98. The lowest BCUT2D eigenvalue weighted by atomic mass is 10.1. The van der Waals surface area contributed by atoms with E-state index in [0.717, 1.165) is 42.7 Å². The van der Waals surface area contributed by atoms with Crippen LogP contribution < -0.4 is 15.1 Å². The number of anilines is 2. The lowest BCUT2D eigenvalue weighted by molar-refractivity contribution is -0.119. The molecule has 192 valence electrons. The van der Waals surface area contributed by atoms with Gasteiger partial charge < -0.3 is 15.1 Å². The van der Waals surface area contributed by atoms with Crippen LogP contribution in [0.25, 0.3) is 10.9 Å². The molecule has 3 amide bonds. The zero-order valence-electron chi connectivity index (χ0n) is 20.8. The molecule has 0 bridgehead atoms. The van der Waals surface area contributed by atoms with Crippen LogP contribution in [0.1, 0.15) is 29.6 Å². The van der Waals surface area contributed by atoms with Gasteiger partial charge in [-0.05, 0) is 74.5 Å². The Balaban J connectivity index is 1.16. The van der Waals surface area contributed by atoms with Crippen molar-refractivity contribution in [2.75, 3.05) is 49.6 Å². The van der Waals surface area contributed by atoms with Crippen LogP contribution in [0.5, 0.6) is 0 Å². The van der Waals surface area contributed by atoms with Gasteiger partial charge in [-0.3, -0.25) is 19.3 Å². The summed E-state index contributed by atoms with van der Waals surface area (Å²) in [6, 6.07) is 16.4. The summed E-state index contributed by atoms with van der Waals surface area (Å²) in [7, 11) is 1.79. The monoisotopic (exact) mass is 519 g/mol. The van der Waals surface area contributed by atoms with E-state index in [9.17, 15) is 14.4 Å². The van der Waals surface area contributed by atoms with Crippen LogP contribution >= 0.6 is 11.6 Å². The lowest BCUT2D eigenvalue weighted by Gasteiger charge is -2.22. The van der Waals surface area contributed by atoms with Gasteiger partial charge in [-0.2, -0.15) is 0 Å². The highest BCUT2D eigenvalue weighted by atomic mass is 35.5. The van der Waals surface area contributed by atoms with Crippen molar-refractivity contribution in [1.82, 2.24) is 15.2 Å². The predicted molar refractivity (Wildman–Crippen MR) is 145 cm³/mol. The van der Waals surface area contributed by atoms with Crippen molar-refractivity contribution in [2.45, 2.75) is 19.3 Å². The van der Waals surface area contributed by atoms with Crippen molar-refractivity contribution in [3.05, 3.63) is 65.3 Å². The summed E-state index contributed by atoms with van der Waals surface area (Å²) in [4.78, 5) is 47.9. The van der Waals surface area contributed by atoms with Crippen molar-refractivity contribution >= 4 is 51.6 Å². The van der Waals surface area contributed by atoms with Crippen LogP contribution in [0.3, 0.4) is 0 Å². The van der Waals surface area contributed by atoms with Crippen molar-refractivity contribution in [3.63, 3.8) is 0 Å². The largest absolute Gasteiger partial charge is 0.352 e. The van der Waals surface area contributed by atoms with Gasteiger partial charge >= 0.3 is 0 Å². The standard InChI is InChI=1S/C28H30ClN5O3/c1-32(27(36)18-33-12-2-3-13-33)22-7-9-23(10-8-22)34-17-19(14-26(34)35)16-30-28(37)21-5-4-20-6-11-25(29)31-24(20)15-21/h4-11,15,19H,2-3,12-14,16-18H2,1H3,(H,30,37). The van der Waals surface area contributed by atoms with Gasteiger partial charge in [0.25, 0.3) is 5.91 Å². The number of amides is 3. The quantitative estimate of drug-likeness (QED) is 0.481. The van der Waals surface area contributed by atoms with Gasteiger partial charge in [0.1, 0.15) is 5.15 Å². The molecule has 2 aliphatic heterocycles. The molecule has 2 aliphatic rings. The fourth-order valence-corrected chi connectivity index (χ4v) is 5.13. The topological polar surface area (TPSA) is 85.8 Å². The first-order valence-electron chi connectivity index (χ1n) is 12.6. The minimum absolute atomic E-state index is 0.00821. The zero-order chi connectivity index (χ0) is 25.9. The molecule has 37 heavy (non-hydrogen) atoms. The van der Waals surface area contributed by atoms with Crippen LogP contribution in [0.2, 0.25) is 5.15 Å². The summed E-state index contributed by atoms with van der Waals surface area (Å²) in [6.07, 6.45) is 2.66. The highest BCUT2D eigenvalue weighted by molar-refractivity contribution is 6.29. The Labute approximate surface area is 221 Å². The molecular formula is C28H30ClN5O3. The van der Waals surface area contributed by atoms with Crippen LogP contribution in [-0.2, 0) is 9.59 Å². The molecule has 8 nitrogen and oxygen atoms in total. The molecule has 0 saturated carbocycles. The summed E-state index contributed by atoms with van der Waals surface area (Å²) in [5, 5.41) is 4.24. The normalized spacial score (nSPS) is 17.9. The molecule has 2 aromatic carbocycles. The first-order valence-corrected chi connectivity index (χ1v) is 13.0. The van der Waals surface area contributed by atoms with Crippen LogP contribution in [-0.4, -0.2) is 67.4 Å². The number of benzene rings is 2. The summed E-state index contributed by atoms with van der Waals surface area (Å²) in [5.74, 6) is -0.113. The minimum atomic E-state index is -0.208. The number of pyridine rings is 1. The molecule has 0 spiro atoms. The average Bonchev–Trinajstić information content (AvgIpc) is 3.55. The smallest absolute Gasteiger partial charge is 0.251 e. The molecule has 2 fully saturated rings. The van der Waals surface area contributed by atoms with Crippen molar-refractivity contribution in [1.29, 1.82) is 0 Å². The van der Waals surface area contributed by atoms with E-state index < -0.39 is 0 Å². The number of likely N-dealkylation sites (N-methyl/N-ethyl adjacent to an activating group) is 1. The Bertz CT molecular complexity index is 1320. The van der Waals surface area contributed by atoms with Crippen LogP contribution in [0, 0.1) is 5.92 Å². The number of halogens is 1. The molecule has 1 aromatic heterocycles. The number of nitrogens with zero attached hydrogens (tertiary/aromatic N) is 4. The van der Waals surface area contributed by atoms with E-state index in [2.05, 4.69) is 15.2 Å². The number of carbonyl (C=O) groups excluding carboxylic acids is 3. The van der Waals surface area contributed by atoms with Gasteiger partial charge in [-0.15, -0.1) is 0 Å². The second-order valence-electron chi connectivity index (χ2n) is 9.78. The SMILES string of the molecule is CN(C(=O)CN1CCCC1)c1ccc(N2CC(CNC(=O)c3ccc4ccc(Cl)nc4c3)CC2=O)cc1. The third kappa shape index (κ3) is 5.76. The maximum absolute atomic E-state index is 12.7. The number of hydrogen-bond donors (Lipinski definition) is 1. The maximum Gasteiger partial charge on any atom is 0.251 e. The summed E-state index contributed by atoms with van der Waals surface area (Å²) in [6.45, 7) is 3.31. The molecule has 9 heteroatoms. The first kappa shape index (κ1) is 25.2. The van der Waals surface area contributed by atoms with E-state index in [0.29, 0.717) is 42.3 Å². The Morgan fingerprint density at radius 2 is 1.81 bits per heavy atom. The third-order valence-corrected chi connectivity index (χ3v) is 7.37. The van der Waals surface area contributed by atoms with Crippen molar-refractivity contribution < 1.29 is 14.4 Å². The van der Waals surface area contributed by atoms with E-state index in [1.54, 1.807) is 35.0 Å². The van der Waals surface area contributed by atoms with Gasteiger partial charge in [0, 0.05) is 54.8 Å². The number of rotatable bonds is 7. The van der Waals surface area contributed by atoms with E-state index in [1.807, 2.05) is 36.4 Å². The van der Waals surface area contributed by atoms with E-state index in [4.69, 9.17) is 11.6 Å². The second kappa shape index (κ2) is 10.9. The van der Waals surface area contributed by atoms with Crippen LogP contribution in [0.4, 0.5) is 11.4 Å². The van der Waals surface area contributed by atoms with E-state index in [-0.39, 0.29) is 23.6 Å². The first-order chi connectivity index (χ1) is 17.9. The number of aromatic nitrogens is 1. The Morgan fingerprint density at radius 3 is 2.57 bits per heavy atom. The zero-order valence-corrected chi connectivity index (χ0v) is 21.6. The molecule has 3 heterocycles. The van der Waals surface area contributed by atoms with Gasteiger partial charge in [-0.25, -0.2) is 4.98 Å². The maximum atomic E-state index is 12.7. The highest BCUT2D eigenvalue weighted by Crippen LogP contribution is 2.27. The fraction of sp³-hybridized carbons (Fsp3) is 0.357. The van der Waals surface area contributed by atoms with Gasteiger partial charge in [0.05, 0.1) is 12.1 Å². The Hall–Kier alpha value is -3.49. The van der Waals surface area contributed by atoms with E-state index in [1.165, 1.54) is 0 Å². The molecule has 0 radical (unpaired) electrons. The molecule has 0 aliphatic carbocycles. The number of carbonyl (C=O) groups is 3. The molecule has 5 rings (SSSR count). The summed E-state index contributed by atoms with van der Waals surface area (Å²) < 4.78 is 0. The molecule has 1 N–H and O–H groups in total. The molecule has 1 unspecified atom stereocenters.